The largest absolute Gasteiger partial charge is 0.489 e. The lowest BCUT2D eigenvalue weighted by molar-refractivity contribution is 0.243. The molecular formula is C25H29ClN4O. The van der Waals surface area contributed by atoms with E-state index in [2.05, 4.69) is 40.2 Å². The van der Waals surface area contributed by atoms with Crippen LogP contribution in [0.15, 0.2) is 49.2 Å². The second kappa shape index (κ2) is 9.84. The van der Waals surface area contributed by atoms with Crippen LogP contribution in [0.1, 0.15) is 44.4 Å². The van der Waals surface area contributed by atoms with Crippen molar-refractivity contribution in [3.05, 3.63) is 70.9 Å². The number of aryl methyl sites for hydroxylation is 2. The summed E-state index contributed by atoms with van der Waals surface area (Å²) in [7, 11) is 0. The molecule has 3 aromatic rings. The van der Waals surface area contributed by atoms with Crippen LogP contribution >= 0.6 is 11.6 Å². The molecule has 162 valence electrons. The number of hydrogen-bond acceptors (Lipinski definition) is 5. The second-order valence-electron chi connectivity index (χ2n) is 7.76. The Bertz CT molecular complexity index is 1090. The number of para-hydroxylation sites is 1. The first-order chi connectivity index (χ1) is 14.8. The molecule has 2 N–H and O–H groups in total. The number of hydrogen-bond donors (Lipinski definition) is 2. The SMILES string of the molecule is C=C(C)c1cc(Nc2ncc(Cl)c(Nc3ccccc3C)n2)c(OC(C)C)cc1CC. The molecule has 3 rings (SSSR count). The smallest absolute Gasteiger partial charge is 0.229 e. The van der Waals surface area contributed by atoms with Crippen molar-refractivity contribution in [2.75, 3.05) is 10.6 Å². The summed E-state index contributed by atoms with van der Waals surface area (Å²) in [5, 5.41) is 7.04. The molecule has 0 atom stereocenters. The molecule has 0 saturated heterocycles. The molecule has 1 aromatic heterocycles. The van der Waals surface area contributed by atoms with Gasteiger partial charge in [0.05, 0.1) is 18.0 Å². The third-order valence-corrected chi connectivity index (χ3v) is 5.07. The molecule has 0 aliphatic heterocycles. The van der Waals surface area contributed by atoms with E-state index in [1.165, 1.54) is 5.56 Å². The molecular weight excluding hydrogens is 408 g/mol. The molecule has 0 bridgehead atoms. The zero-order valence-corrected chi connectivity index (χ0v) is 19.5. The molecule has 0 saturated carbocycles. The fourth-order valence-corrected chi connectivity index (χ4v) is 3.38. The average Bonchev–Trinajstić information content (AvgIpc) is 2.72. The van der Waals surface area contributed by atoms with Crippen molar-refractivity contribution in [3.8, 4) is 5.75 Å². The second-order valence-corrected chi connectivity index (χ2v) is 8.17. The predicted molar refractivity (Wildman–Crippen MR) is 131 cm³/mol. The van der Waals surface area contributed by atoms with Crippen LogP contribution in [-0.2, 0) is 6.42 Å². The van der Waals surface area contributed by atoms with Crippen molar-refractivity contribution in [1.82, 2.24) is 9.97 Å². The molecule has 0 aliphatic carbocycles. The van der Waals surface area contributed by atoms with Gasteiger partial charge < -0.3 is 15.4 Å². The number of benzene rings is 2. The molecule has 2 aromatic carbocycles. The number of rotatable bonds is 8. The topological polar surface area (TPSA) is 59.1 Å². The van der Waals surface area contributed by atoms with E-state index in [-0.39, 0.29) is 6.10 Å². The van der Waals surface area contributed by atoms with Gasteiger partial charge in [-0.15, -0.1) is 0 Å². The summed E-state index contributed by atoms with van der Waals surface area (Å²) in [6.45, 7) is 14.3. The Morgan fingerprint density at radius 3 is 2.55 bits per heavy atom. The van der Waals surface area contributed by atoms with Gasteiger partial charge in [0.2, 0.25) is 5.95 Å². The van der Waals surface area contributed by atoms with E-state index < -0.39 is 0 Å². The van der Waals surface area contributed by atoms with Gasteiger partial charge in [-0.2, -0.15) is 4.98 Å². The molecule has 0 fully saturated rings. The first-order valence-electron chi connectivity index (χ1n) is 10.4. The van der Waals surface area contributed by atoms with Crippen LogP contribution in [0.4, 0.5) is 23.1 Å². The van der Waals surface area contributed by atoms with Crippen LogP contribution in [0.3, 0.4) is 0 Å². The number of nitrogens with zero attached hydrogens (tertiary/aromatic N) is 2. The summed E-state index contributed by atoms with van der Waals surface area (Å²) in [5.74, 6) is 1.71. The third kappa shape index (κ3) is 5.56. The molecule has 1 heterocycles. The van der Waals surface area contributed by atoms with Crippen molar-refractivity contribution >= 4 is 40.3 Å². The Morgan fingerprint density at radius 1 is 1.16 bits per heavy atom. The number of nitrogens with one attached hydrogen (secondary N) is 2. The highest BCUT2D eigenvalue weighted by Gasteiger charge is 2.15. The van der Waals surface area contributed by atoms with Gasteiger partial charge in [-0.3, -0.25) is 0 Å². The van der Waals surface area contributed by atoms with Crippen LogP contribution in [0.2, 0.25) is 5.02 Å². The summed E-state index contributed by atoms with van der Waals surface area (Å²) in [6.07, 6.45) is 2.50. The molecule has 0 spiro atoms. The standard InChI is InChI=1S/C25H29ClN4O/c1-7-18-12-23(31-16(4)5)22(13-19(18)15(2)3)29-25-27-14-20(26)24(30-25)28-21-11-9-8-10-17(21)6/h8-14,16H,2,7H2,1,3-6H3,(H2,27,28,29,30). The van der Waals surface area contributed by atoms with Crippen molar-refractivity contribution < 1.29 is 4.74 Å². The minimum Gasteiger partial charge on any atom is -0.489 e. The van der Waals surface area contributed by atoms with Gasteiger partial charge in [0, 0.05) is 5.69 Å². The van der Waals surface area contributed by atoms with Crippen LogP contribution < -0.4 is 15.4 Å². The number of ether oxygens (including phenoxy) is 1. The van der Waals surface area contributed by atoms with E-state index in [9.17, 15) is 0 Å². The Hall–Kier alpha value is -3.05. The van der Waals surface area contributed by atoms with Gasteiger partial charge in [-0.1, -0.05) is 48.9 Å². The monoisotopic (exact) mass is 436 g/mol. The van der Waals surface area contributed by atoms with Crippen molar-refractivity contribution in [1.29, 1.82) is 0 Å². The highest BCUT2D eigenvalue weighted by atomic mass is 35.5. The van der Waals surface area contributed by atoms with Crippen molar-refractivity contribution in [2.45, 2.75) is 47.1 Å². The summed E-state index contributed by atoms with van der Waals surface area (Å²) < 4.78 is 6.07. The summed E-state index contributed by atoms with van der Waals surface area (Å²) in [5.41, 5.74) is 6.10. The first-order valence-corrected chi connectivity index (χ1v) is 10.8. The Morgan fingerprint density at radius 2 is 1.90 bits per heavy atom. The highest BCUT2D eigenvalue weighted by Crippen LogP contribution is 2.35. The number of halogens is 1. The summed E-state index contributed by atoms with van der Waals surface area (Å²) in [4.78, 5) is 8.96. The minimum atomic E-state index is 0.0327. The predicted octanol–water partition coefficient (Wildman–Crippen LogP) is 7.31. The third-order valence-electron chi connectivity index (χ3n) is 4.80. The van der Waals surface area contributed by atoms with Crippen molar-refractivity contribution in [2.24, 2.45) is 0 Å². The summed E-state index contributed by atoms with van der Waals surface area (Å²) >= 11 is 6.36. The molecule has 0 unspecified atom stereocenters. The molecule has 0 amide bonds. The van der Waals surface area contributed by atoms with E-state index in [1.54, 1.807) is 6.20 Å². The maximum Gasteiger partial charge on any atom is 0.229 e. The molecule has 31 heavy (non-hydrogen) atoms. The van der Waals surface area contributed by atoms with Gasteiger partial charge in [0.25, 0.3) is 0 Å². The number of anilines is 4. The lowest BCUT2D eigenvalue weighted by Crippen LogP contribution is -2.10. The van der Waals surface area contributed by atoms with E-state index in [0.717, 1.165) is 40.2 Å². The highest BCUT2D eigenvalue weighted by molar-refractivity contribution is 6.32. The fraction of sp³-hybridized carbons (Fsp3) is 0.280. The normalized spacial score (nSPS) is 10.8. The summed E-state index contributed by atoms with van der Waals surface area (Å²) in [6, 6.07) is 12.1. The zero-order chi connectivity index (χ0) is 22.5. The maximum atomic E-state index is 6.36. The van der Waals surface area contributed by atoms with E-state index in [1.807, 2.05) is 58.0 Å². The van der Waals surface area contributed by atoms with Crippen LogP contribution in [0.5, 0.6) is 5.75 Å². The van der Waals surface area contributed by atoms with Crippen molar-refractivity contribution in [3.63, 3.8) is 0 Å². The van der Waals surface area contributed by atoms with Gasteiger partial charge >= 0.3 is 0 Å². The minimum absolute atomic E-state index is 0.0327. The number of allylic oxidation sites excluding steroid dienone is 1. The Balaban J connectivity index is 1.98. The zero-order valence-electron chi connectivity index (χ0n) is 18.7. The Kier molecular flexibility index (Phi) is 7.18. The van der Waals surface area contributed by atoms with E-state index in [4.69, 9.17) is 16.3 Å². The van der Waals surface area contributed by atoms with E-state index >= 15 is 0 Å². The van der Waals surface area contributed by atoms with Gasteiger partial charge in [-0.05, 0) is 69.0 Å². The van der Waals surface area contributed by atoms with Crippen LogP contribution in [-0.4, -0.2) is 16.1 Å². The average molecular weight is 437 g/mol. The maximum absolute atomic E-state index is 6.36. The fourth-order valence-electron chi connectivity index (χ4n) is 3.24. The first kappa shape index (κ1) is 22.6. The van der Waals surface area contributed by atoms with Gasteiger partial charge in [-0.25, -0.2) is 4.98 Å². The van der Waals surface area contributed by atoms with Crippen LogP contribution in [0, 0.1) is 6.92 Å². The molecule has 5 nitrogen and oxygen atoms in total. The molecule has 0 aliphatic rings. The number of aromatic nitrogens is 2. The van der Waals surface area contributed by atoms with Gasteiger partial charge in [0.1, 0.15) is 10.8 Å². The quantitative estimate of drug-likeness (QED) is 0.387. The Labute approximate surface area is 189 Å². The van der Waals surface area contributed by atoms with Crippen LogP contribution in [0.25, 0.3) is 5.57 Å². The lowest BCUT2D eigenvalue weighted by atomic mass is 9.98. The van der Waals surface area contributed by atoms with Gasteiger partial charge in [0.15, 0.2) is 5.82 Å². The molecule has 6 heteroatoms. The molecule has 0 radical (unpaired) electrons. The lowest BCUT2D eigenvalue weighted by Gasteiger charge is -2.19. The van der Waals surface area contributed by atoms with E-state index in [0.29, 0.717) is 16.8 Å².